The van der Waals surface area contributed by atoms with Gasteiger partial charge in [-0.2, -0.15) is 0 Å². The van der Waals surface area contributed by atoms with E-state index in [-0.39, 0.29) is 0 Å². The maximum atomic E-state index is 11.1. The zero-order valence-electron chi connectivity index (χ0n) is 11.8. The minimum atomic E-state index is -0.444. The van der Waals surface area contributed by atoms with Crippen LogP contribution >= 0.6 is 0 Å². The molecule has 1 aliphatic carbocycles. The Hall–Kier alpha value is -1.71. The first-order chi connectivity index (χ1) is 9.08. The number of carbonyl (C=O) groups is 1. The van der Waals surface area contributed by atoms with E-state index in [0.29, 0.717) is 6.04 Å². The van der Waals surface area contributed by atoms with Crippen LogP contribution in [0.3, 0.4) is 0 Å². The van der Waals surface area contributed by atoms with Crippen LogP contribution in [0.1, 0.15) is 26.7 Å². The third kappa shape index (κ3) is 3.63. The topological polar surface area (TPSA) is 50.4 Å². The molecule has 1 saturated carbocycles. The van der Waals surface area contributed by atoms with Crippen LogP contribution < -0.4 is 10.6 Å². The average Bonchev–Trinajstić information content (AvgIpc) is 2.33. The molecule has 0 radical (unpaired) electrons. The van der Waals surface area contributed by atoms with Gasteiger partial charge in [0.25, 0.3) is 0 Å². The first-order valence-electron chi connectivity index (χ1n) is 6.80. The molecule has 1 amide bonds. The molecule has 0 saturated heterocycles. The molecule has 104 valence electrons. The Labute approximate surface area is 114 Å². The number of amides is 1. The summed E-state index contributed by atoms with van der Waals surface area (Å²) in [6, 6.07) is 8.28. The summed E-state index contributed by atoms with van der Waals surface area (Å²) >= 11 is 0. The van der Waals surface area contributed by atoms with Gasteiger partial charge in [-0.3, -0.25) is 5.32 Å². The summed E-state index contributed by atoms with van der Waals surface area (Å²) in [5, 5.41) is 6.17. The van der Waals surface area contributed by atoms with Gasteiger partial charge in [0.15, 0.2) is 0 Å². The van der Waals surface area contributed by atoms with Gasteiger partial charge in [0, 0.05) is 17.4 Å². The molecular formula is C15H22N2O2. The molecule has 1 aromatic rings. The minimum absolute atomic E-state index is 0.444. The Bertz CT molecular complexity index is 440. The van der Waals surface area contributed by atoms with Crippen LogP contribution in [0.5, 0.6) is 0 Å². The highest BCUT2D eigenvalue weighted by Crippen LogP contribution is 2.35. The van der Waals surface area contributed by atoms with Crippen LogP contribution in [0.2, 0.25) is 0 Å². The first-order valence-corrected chi connectivity index (χ1v) is 6.80. The van der Waals surface area contributed by atoms with E-state index < -0.39 is 6.09 Å². The molecule has 1 aliphatic rings. The number of methoxy groups -OCH3 is 1. The van der Waals surface area contributed by atoms with Crippen molar-refractivity contribution >= 4 is 17.5 Å². The van der Waals surface area contributed by atoms with Crippen LogP contribution in [0.25, 0.3) is 0 Å². The average molecular weight is 262 g/mol. The number of hydrogen-bond donors (Lipinski definition) is 2. The van der Waals surface area contributed by atoms with E-state index in [0.717, 1.165) is 23.2 Å². The van der Waals surface area contributed by atoms with Crippen molar-refractivity contribution in [2.75, 3.05) is 17.7 Å². The SMILES string of the molecule is COC(=O)Nc1cccc(NC2CC(C(C)C)C2)c1. The zero-order chi connectivity index (χ0) is 13.8. The van der Waals surface area contributed by atoms with Crippen molar-refractivity contribution < 1.29 is 9.53 Å². The summed E-state index contributed by atoms with van der Waals surface area (Å²) in [5.74, 6) is 1.61. The van der Waals surface area contributed by atoms with Crippen molar-refractivity contribution in [3.63, 3.8) is 0 Å². The Morgan fingerprint density at radius 1 is 1.32 bits per heavy atom. The molecule has 1 fully saturated rings. The van der Waals surface area contributed by atoms with Crippen molar-refractivity contribution in [1.29, 1.82) is 0 Å². The smallest absolute Gasteiger partial charge is 0.411 e. The zero-order valence-corrected chi connectivity index (χ0v) is 11.8. The van der Waals surface area contributed by atoms with Gasteiger partial charge in [0.2, 0.25) is 0 Å². The van der Waals surface area contributed by atoms with E-state index >= 15 is 0 Å². The normalized spacial score (nSPS) is 21.7. The number of anilines is 2. The number of hydrogen-bond acceptors (Lipinski definition) is 3. The van der Waals surface area contributed by atoms with E-state index in [1.807, 2.05) is 24.3 Å². The van der Waals surface area contributed by atoms with E-state index in [2.05, 4.69) is 29.2 Å². The quantitative estimate of drug-likeness (QED) is 0.869. The Kier molecular flexibility index (Phi) is 4.30. The summed E-state index contributed by atoms with van der Waals surface area (Å²) in [6.07, 6.45) is 2.01. The van der Waals surface area contributed by atoms with Crippen molar-refractivity contribution in [1.82, 2.24) is 0 Å². The molecular weight excluding hydrogens is 240 g/mol. The number of carbonyl (C=O) groups excluding carboxylic acids is 1. The van der Waals surface area contributed by atoms with Gasteiger partial charge in [-0.15, -0.1) is 0 Å². The molecule has 4 nitrogen and oxygen atoms in total. The van der Waals surface area contributed by atoms with Crippen LogP contribution in [-0.2, 0) is 4.74 Å². The summed E-state index contributed by atoms with van der Waals surface area (Å²) in [6.45, 7) is 4.56. The molecule has 0 aliphatic heterocycles. The van der Waals surface area contributed by atoms with Crippen molar-refractivity contribution in [3.8, 4) is 0 Å². The third-order valence-corrected chi connectivity index (χ3v) is 3.78. The molecule has 0 bridgehead atoms. The Morgan fingerprint density at radius 3 is 2.63 bits per heavy atom. The van der Waals surface area contributed by atoms with Crippen LogP contribution in [0.4, 0.5) is 16.2 Å². The second kappa shape index (κ2) is 5.95. The fourth-order valence-electron chi connectivity index (χ4n) is 2.42. The fourth-order valence-corrected chi connectivity index (χ4v) is 2.42. The summed E-state index contributed by atoms with van der Waals surface area (Å²) in [7, 11) is 1.36. The number of rotatable bonds is 4. The van der Waals surface area contributed by atoms with Gasteiger partial charge in [0.05, 0.1) is 7.11 Å². The summed E-state index contributed by atoms with van der Waals surface area (Å²) in [5.41, 5.74) is 1.79. The molecule has 1 aromatic carbocycles. The van der Waals surface area contributed by atoms with Crippen molar-refractivity contribution in [3.05, 3.63) is 24.3 Å². The monoisotopic (exact) mass is 262 g/mol. The predicted molar refractivity (Wildman–Crippen MR) is 77.4 cm³/mol. The lowest BCUT2D eigenvalue weighted by Crippen LogP contribution is -2.37. The maximum absolute atomic E-state index is 11.1. The number of nitrogens with one attached hydrogen (secondary N) is 2. The Balaban J connectivity index is 1.88. The second-order valence-corrected chi connectivity index (χ2v) is 5.51. The van der Waals surface area contributed by atoms with Gasteiger partial charge < -0.3 is 10.1 Å². The first kappa shape index (κ1) is 13.7. The van der Waals surface area contributed by atoms with Gasteiger partial charge in [-0.1, -0.05) is 19.9 Å². The standard InChI is InChI=1S/C15H22N2O2/c1-10(2)11-7-14(8-11)16-12-5-4-6-13(9-12)17-15(18)19-3/h4-6,9-11,14,16H,7-8H2,1-3H3,(H,17,18). The molecule has 0 spiro atoms. The van der Waals surface area contributed by atoms with E-state index in [1.54, 1.807) is 0 Å². The van der Waals surface area contributed by atoms with Crippen LogP contribution in [-0.4, -0.2) is 19.2 Å². The highest BCUT2D eigenvalue weighted by atomic mass is 16.5. The fraction of sp³-hybridized carbons (Fsp3) is 0.533. The lowest BCUT2D eigenvalue weighted by atomic mass is 9.73. The highest BCUT2D eigenvalue weighted by molar-refractivity contribution is 5.85. The Morgan fingerprint density at radius 2 is 2.00 bits per heavy atom. The molecule has 4 heteroatoms. The number of benzene rings is 1. The maximum Gasteiger partial charge on any atom is 0.411 e. The van der Waals surface area contributed by atoms with E-state index in [1.165, 1.54) is 20.0 Å². The van der Waals surface area contributed by atoms with Crippen LogP contribution in [0.15, 0.2) is 24.3 Å². The molecule has 19 heavy (non-hydrogen) atoms. The molecule has 0 heterocycles. The molecule has 0 aromatic heterocycles. The molecule has 2 rings (SSSR count). The van der Waals surface area contributed by atoms with Crippen molar-refractivity contribution in [2.24, 2.45) is 11.8 Å². The minimum Gasteiger partial charge on any atom is -0.453 e. The van der Waals surface area contributed by atoms with Gasteiger partial charge in [-0.05, 0) is 42.9 Å². The molecule has 0 unspecified atom stereocenters. The van der Waals surface area contributed by atoms with Gasteiger partial charge in [-0.25, -0.2) is 4.79 Å². The van der Waals surface area contributed by atoms with E-state index in [9.17, 15) is 4.79 Å². The van der Waals surface area contributed by atoms with Gasteiger partial charge >= 0.3 is 6.09 Å². The van der Waals surface area contributed by atoms with Gasteiger partial charge in [0.1, 0.15) is 0 Å². The predicted octanol–water partition coefficient (Wildman–Crippen LogP) is 3.71. The summed E-state index contributed by atoms with van der Waals surface area (Å²) < 4.78 is 4.58. The third-order valence-electron chi connectivity index (χ3n) is 3.78. The molecule has 0 atom stereocenters. The van der Waals surface area contributed by atoms with Crippen molar-refractivity contribution in [2.45, 2.75) is 32.7 Å². The number of ether oxygens (including phenoxy) is 1. The second-order valence-electron chi connectivity index (χ2n) is 5.51. The highest BCUT2D eigenvalue weighted by Gasteiger charge is 2.30. The summed E-state index contributed by atoms with van der Waals surface area (Å²) in [4.78, 5) is 11.1. The van der Waals surface area contributed by atoms with Crippen LogP contribution in [0, 0.1) is 11.8 Å². The lowest BCUT2D eigenvalue weighted by molar-refractivity contribution is 0.187. The van der Waals surface area contributed by atoms with E-state index in [4.69, 9.17) is 0 Å². The molecule has 2 N–H and O–H groups in total. The lowest BCUT2D eigenvalue weighted by Gasteiger charge is -2.39. The largest absolute Gasteiger partial charge is 0.453 e.